The van der Waals surface area contributed by atoms with Crippen molar-refractivity contribution >= 4 is 18.0 Å². The van der Waals surface area contributed by atoms with E-state index in [2.05, 4.69) is 10.6 Å². The summed E-state index contributed by atoms with van der Waals surface area (Å²) in [5.74, 6) is -0.716. The molecule has 7 nitrogen and oxygen atoms in total. The van der Waals surface area contributed by atoms with Crippen LogP contribution in [0.15, 0.2) is 54.6 Å². The van der Waals surface area contributed by atoms with E-state index in [1.807, 2.05) is 30.3 Å². The first-order valence-electron chi connectivity index (χ1n) is 9.66. The van der Waals surface area contributed by atoms with Gasteiger partial charge < -0.3 is 20.1 Å². The van der Waals surface area contributed by atoms with Gasteiger partial charge in [-0.2, -0.15) is 0 Å². The maximum absolute atomic E-state index is 12.7. The van der Waals surface area contributed by atoms with E-state index in [4.69, 9.17) is 9.47 Å². The number of nitrogens with one attached hydrogen (secondary N) is 2. The minimum atomic E-state index is -0.564. The average molecular weight is 412 g/mol. The van der Waals surface area contributed by atoms with Gasteiger partial charge >= 0.3 is 12.1 Å². The molecule has 0 saturated carbocycles. The minimum Gasteiger partial charge on any atom is -0.469 e. The summed E-state index contributed by atoms with van der Waals surface area (Å²) in [6, 6.07) is 15.6. The third kappa shape index (κ3) is 7.58. The number of amides is 2. The Labute approximate surface area is 176 Å². The summed E-state index contributed by atoms with van der Waals surface area (Å²) in [7, 11) is 1.32. The van der Waals surface area contributed by atoms with E-state index in [-0.39, 0.29) is 18.9 Å². The highest BCUT2D eigenvalue weighted by Crippen LogP contribution is 2.18. The highest BCUT2D eigenvalue weighted by molar-refractivity contribution is 5.94. The molecule has 0 aliphatic carbocycles. The molecule has 0 saturated heterocycles. The Morgan fingerprint density at radius 2 is 1.60 bits per heavy atom. The van der Waals surface area contributed by atoms with Crippen LogP contribution >= 0.6 is 0 Å². The third-order valence-electron chi connectivity index (χ3n) is 4.16. The van der Waals surface area contributed by atoms with Gasteiger partial charge in [0, 0.05) is 12.1 Å². The summed E-state index contributed by atoms with van der Waals surface area (Å²) in [6.07, 6.45) is -0.470. The van der Waals surface area contributed by atoms with E-state index in [1.54, 1.807) is 45.0 Å². The van der Waals surface area contributed by atoms with Gasteiger partial charge in [-0.3, -0.25) is 9.59 Å². The first kappa shape index (κ1) is 22.9. The van der Waals surface area contributed by atoms with Crippen LogP contribution in [0.1, 0.15) is 54.7 Å². The first-order valence-corrected chi connectivity index (χ1v) is 9.66. The lowest BCUT2D eigenvalue weighted by molar-refractivity contribution is -0.141. The number of carbonyl (C=O) groups is 3. The lowest BCUT2D eigenvalue weighted by Crippen LogP contribution is -2.32. The summed E-state index contributed by atoms with van der Waals surface area (Å²) in [5.41, 5.74) is 1.52. The fourth-order valence-electron chi connectivity index (χ4n) is 2.69. The molecule has 0 radical (unpaired) electrons. The van der Waals surface area contributed by atoms with Gasteiger partial charge in [0.15, 0.2) is 0 Å². The molecule has 0 aliphatic rings. The molecule has 0 bridgehead atoms. The van der Waals surface area contributed by atoms with Gasteiger partial charge in [0.2, 0.25) is 0 Å². The molecule has 2 rings (SSSR count). The third-order valence-corrected chi connectivity index (χ3v) is 4.16. The van der Waals surface area contributed by atoms with E-state index < -0.39 is 23.7 Å². The Morgan fingerprint density at radius 3 is 2.17 bits per heavy atom. The maximum atomic E-state index is 12.7. The topological polar surface area (TPSA) is 93.7 Å². The van der Waals surface area contributed by atoms with Crippen LogP contribution in [0.3, 0.4) is 0 Å². The van der Waals surface area contributed by atoms with Crippen molar-refractivity contribution in [2.24, 2.45) is 0 Å². The quantitative estimate of drug-likeness (QED) is 0.676. The van der Waals surface area contributed by atoms with Crippen LogP contribution in [0.4, 0.5) is 4.79 Å². The second-order valence-corrected chi connectivity index (χ2v) is 7.77. The summed E-state index contributed by atoms with van der Waals surface area (Å²) >= 11 is 0. The monoisotopic (exact) mass is 412 g/mol. The highest BCUT2D eigenvalue weighted by atomic mass is 16.6. The van der Waals surface area contributed by atoms with E-state index in [0.29, 0.717) is 5.56 Å². The second kappa shape index (κ2) is 10.4. The van der Waals surface area contributed by atoms with Crippen LogP contribution in [0.5, 0.6) is 0 Å². The zero-order chi connectivity index (χ0) is 22.1. The van der Waals surface area contributed by atoms with Crippen LogP contribution in [0.25, 0.3) is 0 Å². The van der Waals surface area contributed by atoms with E-state index in [9.17, 15) is 14.4 Å². The van der Waals surface area contributed by atoms with Crippen LogP contribution < -0.4 is 10.6 Å². The zero-order valence-corrected chi connectivity index (χ0v) is 17.7. The molecule has 1 atom stereocenters. The van der Waals surface area contributed by atoms with Gasteiger partial charge in [-0.05, 0) is 44.0 Å². The highest BCUT2D eigenvalue weighted by Gasteiger charge is 2.20. The van der Waals surface area contributed by atoms with Crippen LogP contribution in [-0.2, 0) is 20.8 Å². The minimum absolute atomic E-state index is 0.0319. The molecule has 2 aromatic rings. The predicted molar refractivity (Wildman–Crippen MR) is 113 cm³/mol. The van der Waals surface area contributed by atoms with Crippen LogP contribution in [0.2, 0.25) is 0 Å². The molecule has 30 heavy (non-hydrogen) atoms. The predicted octanol–water partition coefficient (Wildman–Crippen LogP) is 3.75. The number of methoxy groups -OCH3 is 1. The molecule has 2 amide bonds. The van der Waals surface area contributed by atoms with Gasteiger partial charge in [0.1, 0.15) is 5.60 Å². The molecular weight excluding hydrogens is 384 g/mol. The summed E-state index contributed by atoms with van der Waals surface area (Å²) in [6.45, 7) is 5.67. The van der Waals surface area contributed by atoms with Gasteiger partial charge in [-0.1, -0.05) is 42.5 Å². The Hall–Kier alpha value is -3.35. The van der Waals surface area contributed by atoms with E-state index in [0.717, 1.165) is 11.1 Å². The summed E-state index contributed by atoms with van der Waals surface area (Å²) in [4.78, 5) is 36.2. The molecule has 0 aliphatic heterocycles. The second-order valence-electron chi connectivity index (χ2n) is 7.77. The summed E-state index contributed by atoms with van der Waals surface area (Å²) in [5, 5.41) is 5.55. The molecule has 7 heteroatoms. The van der Waals surface area contributed by atoms with Crippen molar-refractivity contribution in [1.29, 1.82) is 0 Å². The van der Waals surface area contributed by atoms with Crippen molar-refractivity contribution in [1.82, 2.24) is 10.6 Å². The Morgan fingerprint density at radius 1 is 0.967 bits per heavy atom. The maximum Gasteiger partial charge on any atom is 0.407 e. The Balaban J connectivity index is 2.00. The molecule has 0 aromatic heterocycles. The molecule has 0 fully saturated rings. The van der Waals surface area contributed by atoms with Gasteiger partial charge in [0.25, 0.3) is 5.91 Å². The molecule has 0 heterocycles. The average Bonchev–Trinajstić information content (AvgIpc) is 2.71. The normalized spacial score (nSPS) is 11.9. The standard InChI is InChI=1S/C23H28N2O5/c1-23(2,3)30-22(28)24-15-16-10-12-18(13-11-16)21(27)25-19(14-20(26)29-4)17-8-6-5-7-9-17/h5-13,19H,14-15H2,1-4H3,(H,24,28)(H,25,27). The Kier molecular flexibility index (Phi) is 7.98. The molecular formula is C23H28N2O5. The van der Waals surface area contributed by atoms with Crippen molar-refractivity contribution in [3.05, 3.63) is 71.3 Å². The number of rotatable bonds is 7. The molecule has 0 spiro atoms. The van der Waals surface area contributed by atoms with Crippen molar-refractivity contribution < 1.29 is 23.9 Å². The van der Waals surface area contributed by atoms with Crippen molar-refractivity contribution in [2.45, 2.75) is 45.4 Å². The number of carbonyl (C=O) groups excluding carboxylic acids is 3. The SMILES string of the molecule is COC(=O)CC(NC(=O)c1ccc(CNC(=O)OC(C)(C)C)cc1)c1ccccc1. The molecule has 2 aromatic carbocycles. The lowest BCUT2D eigenvalue weighted by atomic mass is 10.0. The van der Waals surface area contributed by atoms with Gasteiger partial charge in [-0.25, -0.2) is 4.79 Å². The number of hydrogen-bond acceptors (Lipinski definition) is 5. The molecule has 1 unspecified atom stereocenters. The molecule has 2 N–H and O–H groups in total. The number of alkyl carbamates (subject to hydrolysis) is 1. The number of benzene rings is 2. The van der Waals surface area contributed by atoms with E-state index >= 15 is 0 Å². The van der Waals surface area contributed by atoms with Gasteiger partial charge in [-0.15, -0.1) is 0 Å². The fraction of sp³-hybridized carbons (Fsp3) is 0.348. The van der Waals surface area contributed by atoms with Crippen LogP contribution in [-0.4, -0.2) is 30.7 Å². The first-order chi connectivity index (χ1) is 14.2. The number of ether oxygens (including phenoxy) is 2. The Bertz CT molecular complexity index is 857. The fourth-order valence-corrected chi connectivity index (χ4v) is 2.69. The van der Waals surface area contributed by atoms with Crippen molar-refractivity contribution in [3.63, 3.8) is 0 Å². The van der Waals surface area contributed by atoms with Gasteiger partial charge in [0.05, 0.1) is 19.6 Å². The van der Waals surface area contributed by atoms with Crippen LogP contribution in [0, 0.1) is 0 Å². The lowest BCUT2D eigenvalue weighted by Gasteiger charge is -2.20. The smallest absolute Gasteiger partial charge is 0.407 e. The largest absolute Gasteiger partial charge is 0.469 e. The molecule has 160 valence electrons. The van der Waals surface area contributed by atoms with E-state index in [1.165, 1.54) is 7.11 Å². The number of hydrogen-bond donors (Lipinski definition) is 2. The van der Waals surface area contributed by atoms with Crippen molar-refractivity contribution in [3.8, 4) is 0 Å². The number of esters is 1. The van der Waals surface area contributed by atoms with Crippen molar-refractivity contribution in [2.75, 3.05) is 7.11 Å². The summed E-state index contributed by atoms with van der Waals surface area (Å²) < 4.78 is 9.94. The zero-order valence-electron chi connectivity index (χ0n) is 17.7.